The van der Waals surface area contributed by atoms with Crippen molar-refractivity contribution in [1.29, 1.82) is 0 Å². The van der Waals surface area contributed by atoms with Crippen LogP contribution in [-0.2, 0) is 11.3 Å². The summed E-state index contributed by atoms with van der Waals surface area (Å²) in [5.41, 5.74) is 10.7. The van der Waals surface area contributed by atoms with Gasteiger partial charge >= 0.3 is 0 Å². The minimum atomic E-state index is -0.352. The number of nitrogens with zero attached hydrogens (tertiary/aromatic N) is 2. The molecule has 1 rings (SSSR count). The summed E-state index contributed by atoms with van der Waals surface area (Å²) >= 11 is 0. The number of carbonyl (C=O) groups is 1. The first-order chi connectivity index (χ1) is 6.20. The molecule has 0 bridgehead atoms. The first kappa shape index (κ1) is 9.73. The molecule has 0 aliphatic heterocycles. The second-order valence-electron chi connectivity index (χ2n) is 2.78. The number of primary amides is 1. The van der Waals surface area contributed by atoms with Crippen LogP contribution in [0.5, 0.6) is 0 Å². The Hall–Kier alpha value is -1.36. The van der Waals surface area contributed by atoms with Crippen LogP contribution in [0.1, 0.15) is 25.2 Å². The van der Waals surface area contributed by atoms with Crippen LogP contribution in [0.2, 0.25) is 0 Å². The van der Waals surface area contributed by atoms with Crippen LogP contribution in [0.3, 0.4) is 0 Å². The van der Waals surface area contributed by atoms with Crippen LogP contribution in [0.4, 0.5) is 0 Å². The fraction of sp³-hybridized carbons (Fsp3) is 0.500. The van der Waals surface area contributed by atoms with Crippen molar-refractivity contribution in [1.82, 2.24) is 9.55 Å². The average Bonchev–Trinajstić information content (AvgIpc) is 2.53. The summed E-state index contributed by atoms with van der Waals surface area (Å²) in [4.78, 5) is 15.0. The molecular weight excluding hydrogens is 168 g/mol. The largest absolute Gasteiger partial charge is 0.368 e. The lowest BCUT2D eigenvalue weighted by molar-refractivity contribution is -0.121. The van der Waals surface area contributed by atoms with Crippen molar-refractivity contribution in [2.75, 3.05) is 0 Å². The van der Waals surface area contributed by atoms with E-state index in [1.54, 1.807) is 17.0 Å². The number of aromatic nitrogens is 2. The highest BCUT2D eigenvalue weighted by Gasteiger charge is 2.16. The van der Waals surface area contributed by atoms with E-state index in [0.717, 1.165) is 0 Å². The molecule has 1 amide bonds. The van der Waals surface area contributed by atoms with E-state index in [4.69, 9.17) is 11.5 Å². The Balaban J connectivity index is 2.96. The fourth-order valence-electron chi connectivity index (χ4n) is 1.32. The highest BCUT2D eigenvalue weighted by Crippen LogP contribution is 2.12. The molecule has 5 nitrogen and oxygen atoms in total. The maximum absolute atomic E-state index is 11.0. The normalized spacial score (nSPS) is 12.8. The predicted octanol–water partition coefficient (Wildman–Crippen LogP) is -0.222. The molecule has 0 fully saturated rings. The third-order valence-corrected chi connectivity index (χ3v) is 1.98. The topological polar surface area (TPSA) is 86.9 Å². The molecular formula is C8H14N4O. The van der Waals surface area contributed by atoms with Gasteiger partial charge in [-0.2, -0.15) is 0 Å². The summed E-state index contributed by atoms with van der Waals surface area (Å²) in [7, 11) is 0. The predicted molar refractivity (Wildman–Crippen MR) is 48.6 cm³/mol. The number of carbonyl (C=O) groups excluding carboxylic acids is 1. The molecule has 0 spiro atoms. The van der Waals surface area contributed by atoms with Gasteiger partial charge in [-0.1, -0.05) is 6.92 Å². The Kier molecular flexibility index (Phi) is 3.02. The van der Waals surface area contributed by atoms with Crippen LogP contribution < -0.4 is 11.5 Å². The smallest absolute Gasteiger partial charge is 0.240 e. The van der Waals surface area contributed by atoms with Crippen LogP contribution in [0.25, 0.3) is 0 Å². The molecule has 0 saturated carbocycles. The van der Waals surface area contributed by atoms with E-state index in [-0.39, 0.29) is 11.9 Å². The van der Waals surface area contributed by atoms with Crippen molar-refractivity contribution in [2.24, 2.45) is 11.5 Å². The summed E-state index contributed by atoms with van der Waals surface area (Å²) in [5, 5.41) is 0. The summed E-state index contributed by atoms with van der Waals surface area (Å²) in [6.07, 6.45) is 3.99. The first-order valence-electron chi connectivity index (χ1n) is 4.21. The highest BCUT2D eigenvalue weighted by atomic mass is 16.1. The van der Waals surface area contributed by atoms with Gasteiger partial charge in [-0.15, -0.1) is 0 Å². The Morgan fingerprint density at radius 2 is 2.46 bits per heavy atom. The van der Waals surface area contributed by atoms with E-state index in [1.807, 2.05) is 6.92 Å². The van der Waals surface area contributed by atoms with E-state index < -0.39 is 0 Å². The third-order valence-electron chi connectivity index (χ3n) is 1.98. The maximum atomic E-state index is 11.0. The molecule has 1 aromatic rings. The summed E-state index contributed by atoms with van der Waals surface area (Å²) < 4.78 is 1.72. The zero-order chi connectivity index (χ0) is 9.84. The lowest BCUT2D eigenvalue weighted by Gasteiger charge is -2.14. The Morgan fingerprint density at radius 1 is 1.77 bits per heavy atom. The van der Waals surface area contributed by atoms with Gasteiger partial charge in [0.05, 0.1) is 6.54 Å². The third kappa shape index (κ3) is 1.86. The lowest BCUT2D eigenvalue weighted by atomic mass is 10.2. The van der Waals surface area contributed by atoms with E-state index in [1.165, 1.54) is 0 Å². The second-order valence-corrected chi connectivity index (χ2v) is 2.78. The van der Waals surface area contributed by atoms with E-state index >= 15 is 0 Å². The molecule has 0 radical (unpaired) electrons. The summed E-state index contributed by atoms with van der Waals surface area (Å²) in [6, 6.07) is -0.332. The van der Waals surface area contributed by atoms with Crippen molar-refractivity contribution in [2.45, 2.75) is 25.9 Å². The molecule has 13 heavy (non-hydrogen) atoms. The molecule has 4 N–H and O–H groups in total. The Labute approximate surface area is 76.7 Å². The zero-order valence-corrected chi connectivity index (χ0v) is 7.60. The highest BCUT2D eigenvalue weighted by molar-refractivity contribution is 5.78. The van der Waals surface area contributed by atoms with Crippen LogP contribution in [-0.4, -0.2) is 15.5 Å². The van der Waals surface area contributed by atoms with Gasteiger partial charge in [-0.05, 0) is 6.42 Å². The number of hydrogen-bond acceptors (Lipinski definition) is 3. The molecule has 0 aromatic carbocycles. The molecule has 72 valence electrons. The molecule has 0 aliphatic rings. The first-order valence-corrected chi connectivity index (χ1v) is 4.21. The van der Waals surface area contributed by atoms with Crippen LogP contribution >= 0.6 is 0 Å². The molecule has 0 saturated heterocycles. The Morgan fingerprint density at radius 3 is 2.92 bits per heavy atom. The van der Waals surface area contributed by atoms with Crippen molar-refractivity contribution >= 4 is 5.91 Å². The van der Waals surface area contributed by atoms with Crippen molar-refractivity contribution in [3.8, 4) is 0 Å². The van der Waals surface area contributed by atoms with Gasteiger partial charge in [0.2, 0.25) is 5.91 Å². The molecule has 5 heteroatoms. The SMILES string of the molecule is CCC(C(N)=O)n1ccnc1CN. The Bertz CT molecular complexity index is 294. The van der Waals surface area contributed by atoms with Crippen LogP contribution in [0.15, 0.2) is 12.4 Å². The van der Waals surface area contributed by atoms with E-state index in [2.05, 4.69) is 4.98 Å². The van der Waals surface area contributed by atoms with Gasteiger partial charge in [0.25, 0.3) is 0 Å². The number of amides is 1. The van der Waals surface area contributed by atoms with Crippen LogP contribution in [0, 0.1) is 0 Å². The fourth-order valence-corrected chi connectivity index (χ4v) is 1.32. The quantitative estimate of drug-likeness (QED) is 0.674. The van der Waals surface area contributed by atoms with E-state index in [9.17, 15) is 4.79 Å². The number of imidazole rings is 1. The number of hydrogen-bond donors (Lipinski definition) is 2. The summed E-state index contributed by atoms with van der Waals surface area (Å²) in [5.74, 6) is 0.334. The van der Waals surface area contributed by atoms with Gasteiger partial charge in [0.1, 0.15) is 11.9 Å². The number of rotatable bonds is 4. The minimum Gasteiger partial charge on any atom is -0.368 e. The average molecular weight is 182 g/mol. The number of nitrogens with two attached hydrogens (primary N) is 2. The van der Waals surface area contributed by atoms with Gasteiger partial charge in [-0.25, -0.2) is 4.98 Å². The summed E-state index contributed by atoms with van der Waals surface area (Å²) in [6.45, 7) is 2.21. The molecule has 1 unspecified atom stereocenters. The lowest BCUT2D eigenvalue weighted by Crippen LogP contribution is -2.27. The zero-order valence-electron chi connectivity index (χ0n) is 7.60. The monoisotopic (exact) mass is 182 g/mol. The molecule has 1 heterocycles. The van der Waals surface area contributed by atoms with E-state index in [0.29, 0.717) is 18.8 Å². The van der Waals surface area contributed by atoms with Gasteiger partial charge < -0.3 is 16.0 Å². The van der Waals surface area contributed by atoms with Crippen molar-refractivity contribution in [3.05, 3.63) is 18.2 Å². The van der Waals surface area contributed by atoms with Crippen molar-refractivity contribution < 1.29 is 4.79 Å². The molecule has 1 aromatic heterocycles. The molecule has 1 atom stereocenters. The van der Waals surface area contributed by atoms with Gasteiger partial charge in [-0.3, -0.25) is 4.79 Å². The van der Waals surface area contributed by atoms with Gasteiger partial charge in [0, 0.05) is 12.4 Å². The van der Waals surface area contributed by atoms with Crippen molar-refractivity contribution in [3.63, 3.8) is 0 Å². The molecule has 0 aliphatic carbocycles. The minimum absolute atomic E-state index is 0.316. The maximum Gasteiger partial charge on any atom is 0.240 e. The second kappa shape index (κ2) is 4.04. The standard InChI is InChI=1S/C8H14N4O/c1-2-6(8(10)13)12-4-3-11-7(12)5-9/h3-4,6H,2,5,9H2,1H3,(H2,10,13). The van der Waals surface area contributed by atoms with Gasteiger partial charge in [0.15, 0.2) is 0 Å².